The van der Waals surface area contributed by atoms with Gasteiger partial charge in [-0.2, -0.15) is 13.2 Å². The van der Waals surface area contributed by atoms with Crippen molar-refractivity contribution in [1.29, 1.82) is 0 Å². The third-order valence-electron chi connectivity index (χ3n) is 3.74. The zero-order chi connectivity index (χ0) is 14.5. The van der Waals surface area contributed by atoms with Crippen LogP contribution in [-0.4, -0.2) is 18.5 Å². The lowest BCUT2D eigenvalue weighted by Crippen LogP contribution is -2.56. The van der Waals surface area contributed by atoms with Crippen LogP contribution in [0.4, 0.5) is 23.7 Å². The highest BCUT2D eigenvalue weighted by atomic mass is 19.4. The van der Waals surface area contributed by atoms with Crippen LogP contribution in [0.2, 0.25) is 0 Å². The molecule has 1 heterocycles. The summed E-state index contributed by atoms with van der Waals surface area (Å²) in [6.07, 6.45) is -3.04. The van der Waals surface area contributed by atoms with E-state index in [2.05, 4.69) is 5.32 Å². The van der Waals surface area contributed by atoms with Gasteiger partial charge in [-0.1, -0.05) is 0 Å². The van der Waals surface area contributed by atoms with Gasteiger partial charge in [-0.05, 0) is 37.1 Å². The Morgan fingerprint density at radius 2 is 1.70 bits per heavy atom. The van der Waals surface area contributed by atoms with Crippen molar-refractivity contribution in [1.82, 2.24) is 5.32 Å². The molecule has 3 rings (SSSR count). The molecule has 4 nitrogen and oxygen atoms in total. The number of anilines is 1. The van der Waals surface area contributed by atoms with E-state index in [1.54, 1.807) is 0 Å². The van der Waals surface area contributed by atoms with Gasteiger partial charge in [0.25, 0.3) is 0 Å². The van der Waals surface area contributed by atoms with E-state index in [9.17, 15) is 22.8 Å². The van der Waals surface area contributed by atoms with E-state index in [1.807, 2.05) is 0 Å². The molecule has 20 heavy (non-hydrogen) atoms. The lowest BCUT2D eigenvalue weighted by Gasteiger charge is -2.31. The van der Waals surface area contributed by atoms with Gasteiger partial charge in [-0.15, -0.1) is 0 Å². The number of halogens is 3. The Kier molecular flexibility index (Phi) is 2.57. The van der Waals surface area contributed by atoms with E-state index in [4.69, 9.17) is 0 Å². The fourth-order valence-electron chi connectivity index (χ4n) is 2.30. The molecule has 1 aliphatic heterocycles. The highest BCUT2D eigenvalue weighted by molar-refractivity contribution is 6.18. The molecule has 0 radical (unpaired) electrons. The zero-order valence-electron chi connectivity index (χ0n) is 10.3. The minimum Gasteiger partial charge on any atom is -0.336 e. The minimum atomic E-state index is -4.44. The number of imide groups is 1. The summed E-state index contributed by atoms with van der Waals surface area (Å²) < 4.78 is 37.5. The van der Waals surface area contributed by atoms with Crippen LogP contribution in [0.3, 0.4) is 0 Å². The van der Waals surface area contributed by atoms with Gasteiger partial charge in [0, 0.05) is 6.54 Å². The van der Waals surface area contributed by atoms with E-state index >= 15 is 0 Å². The summed E-state index contributed by atoms with van der Waals surface area (Å²) in [5.41, 5.74) is -1.20. The lowest BCUT2D eigenvalue weighted by atomic mass is 10.0. The Hall–Kier alpha value is -2.05. The van der Waals surface area contributed by atoms with Crippen LogP contribution in [0, 0.1) is 5.41 Å². The van der Waals surface area contributed by atoms with Crippen LogP contribution in [-0.2, 0) is 11.0 Å². The van der Waals surface area contributed by atoms with Crippen LogP contribution >= 0.6 is 0 Å². The first-order valence-electron chi connectivity index (χ1n) is 6.13. The van der Waals surface area contributed by atoms with Crippen LogP contribution in [0.1, 0.15) is 18.4 Å². The standard InChI is InChI=1S/C13H11F3N2O2/c14-13(15,16)8-1-3-9(4-2-8)18-10(19)12(5-6-12)7-17-11(18)20/h1-4H,5-7H2,(H,17,20). The molecule has 7 heteroatoms. The van der Waals surface area contributed by atoms with E-state index in [0.717, 1.165) is 29.2 Å². The maximum Gasteiger partial charge on any atom is 0.416 e. The number of hydrogen-bond donors (Lipinski definition) is 1. The normalized spacial score (nSPS) is 21.1. The number of urea groups is 1. The molecule has 1 spiro atoms. The van der Waals surface area contributed by atoms with Gasteiger partial charge in [0.15, 0.2) is 0 Å². The fraction of sp³-hybridized carbons (Fsp3) is 0.385. The molecule has 1 saturated heterocycles. The second kappa shape index (κ2) is 3.97. The highest BCUT2D eigenvalue weighted by Gasteiger charge is 2.56. The maximum absolute atomic E-state index is 12.5. The molecule has 1 aromatic rings. The Bertz CT molecular complexity index is 576. The molecule has 1 aliphatic carbocycles. The number of rotatable bonds is 1. The van der Waals surface area contributed by atoms with Gasteiger partial charge in [0.2, 0.25) is 5.91 Å². The summed E-state index contributed by atoms with van der Waals surface area (Å²) in [7, 11) is 0. The Labute approximate surface area is 112 Å². The number of nitrogens with one attached hydrogen (secondary N) is 1. The number of benzene rings is 1. The molecule has 106 valence electrons. The molecular weight excluding hydrogens is 273 g/mol. The number of carbonyl (C=O) groups excluding carboxylic acids is 2. The predicted octanol–water partition coefficient (Wildman–Crippen LogP) is 2.54. The van der Waals surface area contributed by atoms with Crippen LogP contribution in [0.5, 0.6) is 0 Å². The number of nitrogens with zero attached hydrogens (tertiary/aromatic N) is 1. The second-order valence-corrected chi connectivity index (χ2v) is 5.12. The molecule has 2 aliphatic rings. The van der Waals surface area contributed by atoms with Crippen molar-refractivity contribution in [3.63, 3.8) is 0 Å². The van der Waals surface area contributed by atoms with Gasteiger partial charge in [0.1, 0.15) is 0 Å². The van der Waals surface area contributed by atoms with Crippen molar-refractivity contribution in [3.05, 3.63) is 29.8 Å². The second-order valence-electron chi connectivity index (χ2n) is 5.12. The van der Waals surface area contributed by atoms with E-state index < -0.39 is 23.2 Å². The van der Waals surface area contributed by atoms with Crippen molar-refractivity contribution in [2.75, 3.05) is 11.4 Å². The molecule has 1 saturated carbocycles. The molecule has 1 N–H and O–H groups in total. The molecule has 3 amide bonds. The summed E-state index contributed by atoms with van der Waals surface area (Å²) in [5.74, 6) is -0.332. The number of carbonyl (C=O) groups is 2. The van der Waals surface area contributed by atoms with Gasteiger partial charge in [-0.25, -0.2) is 9.69 Å². The Morgan fingerprint density at radius 1 is 1.10 bits per heavy atom. The first-order chi connectivity index (χ1) is 9.33. The van der Waals surface area contributed by atoms with Crippen LogP contribution in [0.25, 0.3) is 0 Å². The van der Waals surface area contributed by atoms with Crippen LogP contribution in [0.15, 0.2) is 24.3 Å². The molecule has 0 aromatic heterocycles. The van der Waals surface area contributed by atoms with Crippen molar-refractivity contribution in [2.45, 2.75) is 19.0 Å². The zero-order valence-corrected chi connectivity index (χ0v) is 10.3. The van der Waals surface area contributed by atoms with Crippen molar-refractivity contribution in [2.24, 2.45) is 5.41 Å². The number of hydrogen-bond acceptors (Lipinski definition) is 2. The molecular formula is C13H11F3N2O2. The number of alkyl halides is 3. The average molecular weight is 284 g/mol. The van der Waals surface area contributed by atoms with Gasteiger partial charge in [0.05, 0.1) is 16.7 Å². The van der Waals surface area contributed by atoms with Gasteiger partial charge in [-0.3, -0.25) is 4.79 Å². The van der Waals surface area contributed by atoms with Crippen molar-refractivity contribution >= 4 is 17.6 Å². The molecule has 0 unspecified atom stereocenters. The first kappa shape index (κ1) is 13.0. The molecule has 0 atom stereocenters. The summed E-state index contributed by atoms with van der Waals surface area (Å²) in [6.45, 7) is 0.307. The lowest BCUT2D eigenvalue weighted by molar-refractivity contribution is -0.137. The fourth-order valence-corrected chi connectivity index (χ4v) is 2.30. The SMILES string of the molecule is O=C1NCC2(CC2)C(=O)N1c1ccc(C(F)(F)F)cc1. The maximum atomic E-state index is 12.5. The van der Waals surface area contributed by atoms with E-state index in [0.29, 0.717) is 19.4 Å². The van der Waals surface area contributed by atoms with Gasteiger partial charge < -0.3 is 5.32 Å². The molecule has 0 bridgehead atoms. The largest absolute Gasteiger partial charge is 0.416 e. The van der Waals surface area contributed by atoms with E-state index in [1.165, 1.54) is 0 Å². The molecule has 2 fully saturated rings. The van der Waals surface area contributed by atoms with Crippen molar-refractivity contribution in [3.8, 4) is 0 Å². The Balaban J connectivity index is 1.91. The Morgan fingerprint density at radius 3 is 2.20 bits per heavy atom. The summed E-state index contributed by atoms with van der Waals surface area (Å²) in [5, 5.41) is 2.60. The topological polar surface area (TPSA) is 49.4 Å². The number of amides is 3. The third kappa shape index (κ3) is 1.93. The molecule has 1 aromatic carbocycles. The summed E-state index contributed by atoms with van der Waals surface area (Å²) in [6, 6.07) is 3.42. The average Bonchev–Trinajstić information content (AvgIpc) is 3.16. The summed E-state index contributed by atoms with van der Waals surface area (Å²) >= 11 is 0. The monoisotopic (exact) mass is 284 g/mol. The van der Waals surface area contributed by atoms with Crippen molar-refractivity contribution < 1.29 is 22.8 Å². The van der Waals surface area contributed by atoms with Gasteiger partial charge >= 0.3 is 12.2 Å². The first-order valence-corrected chi connectivity index (χ1v) is 6.13. The summed E-state index contributed by atoms with van der Waals surface area (Å²) in [4.78, 5) is 24.9. The highest BCUT2D eigenvalue weighted by Crippen LogP contribution is 2.48. The van der Waals surface area contributed by atoms with Crippen LogP contribution < -0.4 is 10.2 Å². The van der Waals surface area contributed by atoms with E-state index in [-0.39, 0.29) is 11.6 Å². The quantitative estimate of drug-likeness (QED) is 0.861. The predicted molar refractivity (Wildman–Crippen MR) is 64.0 cm³/mol. The minimum absolute atomic E-state index is 0.159. The smallest absolute Gasteiger partial charge is 0.336 e. The third-order valence-corrected chi connectivity index (χ3v) is 3.74.